The second-order valence-corrected chi connectivity index (χ2v) is 6.60. The van der Waals surface area contributed by atoms with Crippen molar-refractivity contribution in [3.05, 3.63) is 12.2 Å². The molecule has 0 aromatic rings. The summed E-state index contributed by atoms with van der Waals surface area (Å²) in [6.45, 7) is 2.28. The monoisotopic (exact) mass is 308 g/mol. The van der Waals surface area contributed by atoms with Gasteiger partial charge in [0.2, 0.25) is 0 Å². The molecule has 1 heteroatoms. The number of unbranched alkanes of at least 4 members (excludes halogenated alkanes) is 15. The van der Waals surface area contributed by atoms with Gasteiger partial charge in [-0.15, -0.1) is 0 Å². The molecule has 0 aliphatic heterocycles. The van der Waals surface area contributed by atoms with Crippen molar-refractivity contribution in [2.75, 3.05) is 0 Å². The summed E-state index contributed by atoms with van der Waals surface area (Å²) in [7, 11) is 0. The van der Waals surface area contributed by atoms with Crippen molar-refractivity contribution in [1.29, 1.82) is 0 Å². The molecule has 0 amide bonds. The minimum absolute atomic E-state index is 0.751. The number of rotatable bonds is 18. The number of aldehydes is 1. The molecule has 0 rings (SSSR count). The van der Waals surface area contributed by atoms with Crippen molar-refractivity contribution < 1.29 is 4.79 Å². The summed E-state index contributed by atoms with van der Waals surface area (Å²) in [5, 5.41) is 0. The summed E-state index contributed by atoms with van der Waals surface area (Å²) >= 11 is 0. The Morgan fingerprint density at radius 3 is 1.27 bits per heavy atom. The van der Waals surface area contributed by atoms with Gasteiger partial charge >= 0.3 is 0 Å². The molecule has 130 valence electrons. The van der Waals surface area contributed by atoms with Gasteiger partial charge in [-0.25, -0.2) is 0 Å². The Balaban J connectivity index is 3.04. The molecule has 0 spiro atoms. The van der Waals surface area contributed by atoms with Gasteiger partial charge < -0.3 is 4.79 Å². The van der Waals surface area contributed by atoms with Crippen LogP contribution in [0.5, 0.6) is 0 Å². The lowest BCUT2D eigenvalue weighted by molar-refractivity contribution is -0.107. The number of carbonyl (C=O) groups excluding carboxylic acids is 1. The highest BCUT2D eigenvalue weighted by atomic mass is 16.1. The quantitative estimate of drug-likeness (QED) is 0.146. The standard InChI is InChI=1S/C21H40O/c1-2-3-4-5-6-7-8-9-10-11-12-13-14-15-16-17-18-19-20-21-22/h11-12,21H,2-10,13-20H2,1H3. The van der Waals surface area contributed by atoms with Crippen molar-refractivity contribution in [3.8, 4) is 0 Å². The maximum absolute atomic E-state index is 10.2. The molecule has 0 unspecified atom stereocenters. The molecular weight excluding hydrogens is 268 g/mol. The van der Waals surface area contributed by atoms with Crippen molar-refractivity contribution in [2.24, 2.45) is 0 Å². The van der Waals surface area contributed by atoms with E-state index in [1.54, 1.807) is 0 Å². The molecule has 22 heavy (non-hydrogen) atoms. The zero-order chi connectivity index (χ0) is 16.1. The molecule has 0 heterocycles. The first-order chi connectivity index (χ1) is 10.9. The van der Waals surface area contributed by atoms with Crippen LogP contribution in [0.2, 0.25) is 0 Å². The molecule has 0 aliphatic rings. The predicted molar refractivity (Wildman–Crippen MR) is 99.4 cm³/mol. The SMILES string of the molecule is CCCCCCCCCCC=CCCCCCCCCC=O. The van der Waals surface area contributed by atoms with E-state index in [-0.39, 0.29) is 0 Å². The molecule has 0 aromatic heterocycles. The number of hydrogen-bond acceptors (Lipinski definition) is 1. The fourth-order valence-corrected chi connectivity index (χ4v) is 2.83. The Labute approximate surface area is 140 Å². The highest BCUT2D eigenvalue weighted by Crippen LogP contribution is 2.11. The van der Waals surface area contributed by atoms with Crippen LogP contribution < -0.4 is 0 Å². The lowest BCUT2D eigenvalue weighted by Gasteiger charge is -2.00. The van der Waals surface area contributed by atoms with Crippen LogP contribution in [0.15, 0.2) is 12.2 Å². The number of hydrogen-bond donors (Lipinski definition) is 0. The number of allylic oxidation sites excluding steroid dienone is 2. The van der Waals surface area contributed by atoms with E-state index >= 15 is 0 Å². The molecule has 0 N–H and O–H groups in total. The zero-order valence-corrected chi connectivity index (χ0v) is 15.2. The molecule has 0 saturated carbocycles. The van der Waals surface area contributed by atoms with Crippen molar-refractivity contribution >= 4 is 6.29 Å². The van der Waals surface area contributed by atoms with Gasteiger partial charge in [0, 0.05) is 6.42 Å². The topological polar surface area (TPSA) is 17.1 Å². The van der Waals surface area contributed by atoms with Gasteiger partial charge in [-0.2, -0.15) is 0 Å². The van der Waals surface area contributed by atoms with Crippen molar-refractivity contribution in [2.45, 2.75) is 116 Å². The Hall–Kier alpha value is -0.590. The van der Waals surface area contributed by atoms with Gasteiger partial charge in [0.1, 0.15) is 6.29 Å². The molecular formula is C21H40O. The molecule has 0 fully saturated rings. The van der Waals surface area contributed by atoms with E-state index in [2.05, 4.69) is 19.1 Å². The van der Waals surface area contributed by atoms with Gasteiger partial charge in [0.15, 0.2) is 0 Å². The van der Waals surface area contributed by atoms with Crippen LogP contribution in [0, 0.1) is 0 Å². The Morgan fingerprint density at radius 2 is 0.864 bits per heavy atom. The smallest absolute Gasteiger partial charge is 0.119 e. The van der Waals surface area contributed by atoms with Crippen molar-refractivity contribution in [1.82, 2.24) is 0 Å². The van der Waals surface area contributed by atoms with Crippen LogP contribution in [0.1, 0.15) is 116 Å². The van der Waals surface area contributed by atoms with E-state index in [0.717, 1.165) is 19.1 Å². The minimum Gasteiger partial charge on any atom is -0.303 e. The fourth-order valence-electron chi connectivity index (χ4n) is 2.83. The first-order valence-electron chi connectivity index (χ1n) is 10.0. The first-order valence-corrected chi connectivity index (χ1v) is 10.0. The molecule has 0 atom stereocenters. The minimum atomic E-state index is 0.751. The Bertz CT molecular complexity index is 232. The van der Waals surface area contributed by atoms with Gasteiger partial charge in [0.25, 0.3) is 0 Å². The summed E-state index contributed by atoms with van der Waals surface area (Å²) in [5.41, 5.74) is 0. The van der Waals surface area contributed by atoms with Crippen LogP contribution in [0.25, 0.3) is 0 Å². The largest absolute Gasteiger partial charge is 0.303 e. The summed E-state index contributed by atoms with van der Waals surface area (Å²) in [5.74, 6) is 0. The average Bonchev–Trinajstić information content (AvgIpc) is 2.54. The molecule has 0 aromatic carbocycles. The van der Waals surface area contributed by atoms with Gasteiger partial charge in [0.05, 0.1) is 0 Å². The summed E-state index contributed by atoms with van der Waals surface area (Å²) in [6.07, 6.45) is 28.1. The third kappa shape index (κ3) is 19.4. The normalized spacial score (nSPS) is 11.3. The van der Waals surface area contributed by atoms with E-state index < -0.39 is 0 Å². The molecule has 1 nitrogen and oxygen atoms in total. The Morgan fingerprint density at radius 1 is 0.500 bits per heavy atom. The highest BCUT2D eigenvalue weighted by Gasteiger charge is 1.91. The van der Waals surface area contributed by atoms with Crippen LogP contribution in [0.3, 0.4) is 0 Å². The van der Waals surface area contributed by atoms with Crippen LogP contribution in [-0.2, 0) is 4.79 Å². The van der Waals surface area contributed by atoms with Gasteiger partial charge in [-0.3, -0.25) is 0 Å². The third-order valence-electron chi connectivity index (χ3n) is 4.33. The van der Waals surface area contributed by atoms with Crippen LogP contribution in [-0.4, -0.2) is 6.29 Å². The van der Waals surface area contributed by atoms with E-state index in [1.165, 1.54) is 96.3 Å². The average molecular weight is 309 g/mol. The van der Waals surface area contributed by atoms with E-state index in [9.17, 15) is 4.79 Å². The van der Waals surface area contributed by atoms with E-state index in [4.69, 9.17) is 0 Å². The lowest BCUT2D eigenvalue weighted by Crippen LogP contribution is -1.81. The summed E-state index contributed by atoms with van der Waals surface area (Å²) in [4.78, 5) is 10.2. The second kappa shape index (κ2) is 20.4. The highest BCUT2D eigenvalue weighted by molar-refractivity contribution is 5.48. The van der Waals surface area contributed by atoms with Crippen LogP contribution in [0.4, 0.5) is 0 Å². The fraction of sp³-hybridized carbons (Fsp3) is 0.857. The first kappa shape index (κ1) is 21.4. The summed E-state index contributed by atoms with van der Waals surface area (Å²) in [6, 6.07) is 0. The van der Waals surface area contributed by atoms with E-state index in [1.807, 2.05) is 0 Å². The second-order valence-electron chi connectivity index (χ2n) is 6.60. The molecule has 0 saturated heterocycles. The lowest BCUT2D eigenvalue weighted by atomic mass is 10.1. The maximum Gasteiger partial charge on any atom is 0.119 e. The molecule has 0 aliphatic carbocycles. The maximum atomic E-state index is 10.2. The van der Waals surface area contributed by atoms with Crippen LogP contribution >= 0.6 is 0 Å². The summed E-state index contributed by atoms with van der Waals surface area (Å²) < 4.78 is 0. The number of carbonyl (C=O) groups is 1. The Kier molecular flexibility index (Phi) is 19.9. The molecule has 0 bridgehead atoms. The molecule has 0 radical (unpaired) electrons. The zero-order valence-electron chi connectivity index (χ0n) is 15.2. The van der Waals surface area contributed by atoms with Gasteiger partial charge in [-0.1, -0.05) is 89.7 Å². The predicted octanol–water partition coefficient (Wildman–Crippen LogP) is 7.39. The van der Waals surface area contributed by atoms with E-state index in [0.29, 0.717) is 0 Å². The van der Waals surface area contributed by atoms with Gasteiger partial charge in [-0.05, 0) is 32.1 Å². The van der Waals surface area contributed by atoms with Crippen molar-refractivity contribution in [3.63, 3.8) is 0 Å². The third-order valence-corrected chi connectivity index (χ3v) is 4.33.